The summed E-state index contributed by atoms with van der Waals surface area (Å²) in [6, 6.07) is 4.73. The van der Waals surface area contributed by atoms with Crippen molar-refractivity contribution in [1.82, 2.24) is 0 Å². The van der Waals surface area contributed by atoms with Crippen molar-refractivity contribution in [3.63, 3.8) is 0 Å². The third kappa shape index (κ3) is 3.28. The van der Waals surface area contributed by atoms with Gasteiger partial charge < -0.3 is 0 Å². The molecule has 0 bridgehead atoms. The Morgan fingerprint density at radius 3 is 2.69 bits per heavy atom. The molecule has 0 unspecified atom stereocenters. The van der Waals surface area contributed by atoms with E-state index < -0.39 is 6.43 Å². The Hall–Kier alpha value is -0.420. The van der Waals surface area contributed by atoms with Crippen LogP contribution in [0.4, 0.5) is 8.78 Å². The number of rotatable bonds is 5. The van der Waals surface area contributed by atoms with E-state index in [1.54, 1.807) is 12.1 Å². The fraction of sp³-hybridized carbons (Fsp3) is 0.364. The van der Waals surface area contributed by atoms with Crippen LogP contribution in [-0.2, 0) is 11.2 Å². The molecule has 0 aromatic heterocycles. The second-order valence-electron chi connectivity index (χ2n) is 3.18. The number of ketones is 1. The van der Waals surface area contributed by atoms with Gasteiger partial charge in [-0.15, -0.1) is 11.8 Å². The first-order valence-corrected chi connectivity index (χ1v) is 6.96. The van der Waals surface area contributed by atoms with E-state index in [0.717, 1.165) is 4.90 Å². The molecular formula is C11H11BrF2OS. The van der Waals surface area contributed by atoms with E-state index in [1.807, 2.05) is 6.26 Å². The van der Waals surface area contributed by atoms with Gasteiger partial charge in [0.1, 0.15) is 5.78 Å². The molecule has 1 rings (SSSR count). The topological polar surface area (TPSA) is 17.1 Å². The smallest absolute Gasteiger partial charge is 0.264 e. The number of halogens is 3. The van der Waals surface area contributed by atoms with Crippen molar-refractivity contribution in [2.75, 3.05) is 11.6 Å². The van der Waals surface area contributed by atoms with Crippen molar-refractivity contribution >= 4 is 33.5 Å². The fourth-order valence-corrected chi connectivity index (χ4v) is 2.26. The summed E-state index contributed by atoms with van der Waals surface area (Å²) in [6.45, 7) is 0. The zero-order chi connectivity index (χ0) is 12.1. The summed E-state index contributed by atoms with van der Waals surface area (Å²) in [7, 11) is 0. The molecule has 0 radical (unpaired) electrons. The molecule has 0 aliphatic heterocycles. The van der Waals surface area contributed by atoms with Crippen molar-refractivity contribution in [2.24, 2.45) is 0 Å². The largest absolute Gasteiger partial charge is 0.298 e. The van der Waals surface area contributed by atoms with Gasteiger partial charge in [-0.1, -0.05) is 28.1 Å². The Balaban J connectivity index is 3.14. The Morgan fingerprint density at radius 1 is 1.50 bits per heavy atom. The standard InChI is InChI=1S/C11H11BrF2OS/c1-16-10-4-2-3-8(11(13)14)9(10)5-7(15)6-12/h2-4,11H,5-6H2,1H3. The van der Waals surface area contributed by atoms with Gasteiger partial charge in [-0.2, -0.15) is 0 Å². The van der Waals surface area contributed by atoms with Crippen LogP contribution in [0, 0.1) is 0 Å². The van der Waals surface area contributed by atoms with Gasteiger partial charge in [0.15, 0.2) is 0 Å². The third-order valence-electron chi connectivity index (χ3n) is 2.15. The summed E-state index contributed by atoms with van der Waals surface area (Å²) in [5.74, 6) is -0.0941. The van der Waals surface area contributed by atoms with Crippen LogP contribution in [0.25, 0.3) is 0 Å². The second-order valence-corrected chi connectivity index (χ2v) is 4.59. The molecule has 0 heterocycles. The molecule has 0 spiro atoms. The summed E-state index contributed by atoms with van der Waals surface area (Å²) < 4.78 is 25.5. The van der Waals surface area contributed by atoms with E-state index >= 15 is 0 Å². The van der Waals surface area contributed by atoms with Crippen molar-refractivity contribution in [2.45, 2.75) is 17.7 Å². The van der Waals surface area contributed by atoms with Crippen LogP contribution in [0.2, 0.25) is 0 Å². The zero-order valence-electron chi connectivity index (χ0n) is 8.67. The van der Waals surface area contributed by atoms with Crippen molar-refractivity contribution < 1.29 is 13.6 Å². The van der Waals surface area contributed by atoms with E-state index in [4.69, 9.17) is 0 Å². The minimum atomic E-state index is -2.54. The lowest BCUT2D eigenvalue weighted by molar-refractivity contribution is -0.115. The highest BCUT2D eigenvalue weighted by atomic mass is 79.9. The van der Waals surface area contributed by atoms with Crippen LogP contribution in [0.3, 0.4) is 0 Å². The fourth-order valence-electron chi connectivity index (χ4n) is 1.41. The SMILES string of the molecule is CSc1cccc(C(F)F)c1CC(=O)CBr. The molecule has 1 aromatic rings. The molecule has 0 saturated carbocycles. The Kier molecular flexibility index (Phi) is 5.41. The molecule has 0 amide bonds. The van der Waals surface area contributed by atoms with E-state index in [9.17, 15) is 13.6 Å². The summed E-state index contributed by atoms with van der Waals surface area (Å²) >= 11 is 4.42. The molecular weight excluding hydrogens is 298 g/mol. The predicted molar refractivity (Wildman–Crippen MR) is 65.7 cm³/mol. The van der Waals surface area contributed by atoms with Gasteiger partial charge in [0.2, 0.25) is 0 Å². The van der Waals surface area contributed by atoms with Gasteiger partial charge in [-0.3, -0.25) is 4.79 Å². The molecule has 0 fully saturated rings. The Bertz CT molecular complexity index is 382. The average Bonchev–Trinajstić information content (AvgIpc) is 2.28. The first-order valence-electron chi connectivity index (χ1n) is 4.61. The summed E-state index contributed by atoms with van der Waals surface area (Å²) in [5.41, 5.74) is 0.413. The highest BCUT2D eigenvalue weighted by Gasteiger charge is 2.17. The number of carbonyl (C=O) groups excluding carboxylic acids is 1. The predicted octanol–water partition coefficient (Wildman–Crippen LogP) is 3.85. The van der Waals surface area contributed by atoms with E-state index in [2.05, 4.69) is 15.9 Å². The van der Waals surface area contributed by atoms with Crippen LogP contribution < -0.4 is 0 Å². The van der Waals surface area contributed by atoms with Gasteiger partial charge in [0.25, 0.3) is 6.43 Å². The van der Waals surface area contributed by atoms with Crippen LogP contribution in [-0.4, -0.2) is 17.4 Å². The van der Waals surface area contributed by atoms with Crippen LogP contribution in [0.5, 0.6) is 0 Å². The van der Waals surface area contributed by atoms with Crippen molar-refractivity contribution in [1.29, 1.82) is 0 Å². The van der Waals surface area contributed by atoms with Crippen molar-refractivity contribution in [3.8, 4) is 0 Å². The highest BCUT2D eigenvalue weighted by Crippen LogP contribution is 2.30. The maximum atomic E-state index is 12.8. The van der Waals surface area contributed by atoms with Gasteiger partial charge in [-0.25, -0.2) is 8.78 Å². The molecule has 5 heteroatoms. The molecule has 0 aliphatic rings. The first kappa shape index (κ1) is 13.6. The average molecular weight is 309 g/mol. The number of alkyl halides is 3. The molecule has 0 N–H and O–H groups in total. The highest BCUT2D eigenvalue weighted by molar-refractivity contribution is 9.09. The minimum Gasteiger partial charge on any atom is -0.298 e. The first-order chi connectivity index (χ1) is 7.60. The summed E-state index contributed by atoms with van der Waals surface area (Å²) in [4.78, 5) is 12.1. The Morgan fingerprint density at radius 2 is 2.19 bits per heavy atom. The van der Waals surface area contributed by atoms with E-state index in [1.165, 1.54) is 17.8 Å². The lowest BCUT2D eigenvalue weighted by Crippen LogP contribution is -2.07. The van der Waals surface area contributed by atoms with Crippen LogP contribution in [0.1, 0.15) is 17.6 Å². The summed E-state index contributed by atoms with van der Waals surface area (Å²) in [6.07, 6.45) is -0.667. The lowest BCUT2D eigenvalue weighted by atomic mass is 10.0. The number of hydrogen-bond donors (Lipinski definition) is 0. The molecule has 16 heavy (non-hydrogen) atoms. The number of thioether (sulfide) groups is 1. The minimum absolute atomic E-state index is 0.0406. The monoisotopic (exact) mass is 308 g/mol. The number of benzene rings is 1. The molecule has 0 aliphatic carbocycles. The van der Waals surface area contributed by atoms with Crippen LogP contribution in [0.15, 0.2) is 23.1 Å². The van der Waals surface area contributed by atoms with E-state index in [0.29, 0.717) is 5.56 Å². The van der Waals surface area contributed by atoms with Crippen LogP contribution >= 0.6 is 27.7 Å². The van der Waals surface area contributed by atoms with Gasteiger partial charge in [0.05, 0.1) is 5.33 Å². The lowest BCUT2D eigenvalue weighted by Gasteiger charge is -2.11. The van der Waals surface area contributed by atoms with E-state index in [-0.39, 0.29) is 23.1 Å². The van der Waals surface area contributed by atoms with Crippen molar-refractivity contribution in [3.05, 3.63) is 29.3 Å². The number of hydrogen-bond acceptors (Lipinski definition) is 2. The maximum absolute atomic E-state index is 12.8. The normalized spacial score (nSPS) is 10.8. The molecule has 1 nitrogen and oxygen atoms in total. The van der Waals surface area contributed by atoms with Gasteiger partial charge in [-0.05, 0) is 17.9 Å². The maximum Gasteiger partial charge on any atom is 0.264 e. The number of carbonyl (C=O) groups is 1. The molecule has 0 atom stereocenters. The van der Waals surface area contributed by atoms with Gasteiger partial charge >= 0.3 is 0 Å². The quantitative estimate of drug-likeness (QED) is 0.607. The molecule has 88 valence electrons. The van der Waals surface area contributed by atoms with Gasteiger partial charge in [0, 0.05) is 16.9 Å². The third-order valence-corrected chi connectivity index (χ3v) is 3.60. The second kappa shape index (κ2) is 6.35. The Labute approximate surface area is 106 Å². The molecule has 1 aromatic carbocycles. The summed E-state index contributed by atoms with van der Waals surface area (Å²) in [5, 5.41) is 0.193. The number of Topliss-reactive ketones (excluding diaryl/α,β-unsaturated/α-hetero) is 1. The molecule has 0 saturated heterocycles. The zero-order valence-corrected chi connectivity index (χ0v) is 11.1.